The molecular weight excluding hydrogens is 246 g/mol. The third-order valence-corrected chi connectivity index (χ3v) is 3.92. The molecule has 2 N–H and O–H groups in total. The molecule has 3 nitrogen and oxygen atoms in total. The van der Waals surface area contributed by atoms with Gasteiger partial charge in [-0.3, -0.25) is 0 Å². The van der Waals surface area contributed by atoms with Gasteiger partial charge in [-0.2, -0.15) is 0 Å². The third-order valence-electron chi connectivity index (χ3n) is 3.92. The monoisotopic (exact) mass is 267 g/mol. The van der Waals surface area contributed by atoms with Gasteiger partial charge in [0.05, 0.1) is 0 Å². The van der Waals surface area contributed by atoms with Crippen molar-refractivity contribution in [2.45, 2.75) is 25.8 Å². The Morgan fingerprint density at radius 2 is 1.95 bits per heavy atom. The summed E-state index contributed by atoms with van der Waals surface area (Å²) in [6.45, 7) is 2.70. The summed E-state index contributed by atoms with van der Waals surface area (Å²) in [6.07, 6.45) is 5.20. The van der Waals surface area contributed by atoms with Crippen LogP contribution in [0.5, 0.6) is 0 Å². The molecule has 0 saturated heterocycles. The number of hydrogen-bond acceptors (Lipinski definition) is 3. The van der Waals surface area contributed by atoms with Crippen LogP contribution in [0, 0.1) is 0 Å². The largest absolute Gasteiger partial charge is 0.352 e. The Kier molecular flexibility index (Phi) is 3.97. The zero-order valence-electron chi connectivity index (χ0n) is 11.8. The number of nitrogens with two attached hydrogens (primary N) is 1. The van der Waals surface area contributed by atoms with E-state index in [0.717, 1.165) is 31.7 Å². The van der Waals surface area contributed by atoms with Gasteiger partial charge in [0.25, 0.3) is 0 Å². The smallest absolute Gasteiger partial charge is 0.128 e. The fourth-order valence-corrected chi connectivity index (χ4v) is 2.81. The molecule has 0 radical (unpaired) electrons. The second-order valence-corrected chi connectivity index (χ2v) is 5.36. The van der Waals surface area contributed by atoms with Crippen LogP contribution in [0.15, 0.2) is 42.6 Å². The highest BCUT2D eigenvalue weighted by Crippen LogP contribution is 2.22. The molecule has 2 heterocycles. The average molecular weight is 267 g/mol. The molecule has 1 aromatic carbocycles. The quantitative estimate of drug-likeness (QED) is 0.929. The maximum absolute atomic E-state index is 5.58. The van der Waals surface area contributed by atoms with Gasteiger partial charge in [-0.05, 0) is 48.6 Å². The normalized spacial score (nSPS) is 14.8. The molecule has 2 aromatic rings. The summed E-state index contributed by atoms with van der Waals surface area (Å²) < 4.78 is 0. The van der Waals surface area contributed by atoms with Gasteiger partial charge in [-0.25, -0.2) is 4.98 Å². The van der Waals surface area contributed by atoms with E-state index in [2.05, 4.69) is 46.3 Å². The number of benzene rings is 1. The van der Waals surface area contributed by atoms with Crippen LogP contribution in [-0.4, -0.2) is 18.1 Å². The number of hydrogen-bond donors (Lipinski definition) is 1. The van der Waals surface area contributed by atoms with Crippen molar-refractivity contribution in [2.24, 2.45) is 5.73 Å². The number of anilines is 1. The Bertz CT molecular complexity index is 563. The van der Waals surface area contributed by atoms with Crippen LogP contribution in [0.3, 0.4) is 0 Å². The highest BCUT2D eigenvalue weighted by Gasteiger charge is 2.15. The van der Waals surface area contributed by atoms with E-state index in [0.29, 0.717) is 6.54 Å². The minimum atomic E-state index is 0.679. The van der Waals surface area contributed by atoms with Gasteiger partial charge in [-0.1, -0.05) is 30.3 Å². The average Bonchev–Trinajstić information content (AvgIpc) is 2.70. The van der Waals surface area contributed by atoms with Gasteiger partial charge in [-0.15, -0.1) is 0 Å². The summed E-state index contributed by atoms with van der Waals surface area (Å²) in [5.41, 5.74) is 9.70. The van der Waals surface area contributed by atoms with Gasteiger partial charge < -0.3 is 10.6 Å². The molecule has 0 fully saturated rings. The topological polar surface area (TPSA) is 42.1 Å². The summed E-state index contributed by atoms with van der Waals surface area (Å²) >= 11 is 0. The van der Waals surface area contributed by atoms with Crippen LogP contribution in [0.25, 0.3) is 0 Å². The molecule has 0 saturated carbocycles. The molecule has 0 unspecified atom stereocenters. The van der Waals surface area contributed by atoms with Crippen molar-refractivity contribution in [3.63, 3.8) is 0 Å². The fraction of sp³-hybridized carbons (Fsp3) is 0.353. The molecule has 0 amide bonds. The standard InChI is InChI=1S/C17H21N3/c18-10-9-14-7-8-17(19-12-14)20-11-3-6-15-4-1-2-5-16(15)13-20/h1-2,4-5,7-8,12H,3,6,9-11,13,18H2. The molecular formula is C17H21N3. The van der Waals surface area contributed by atoms with Crippen LogP contribution < -0.4 is 10.6 Å². The van der Waals surface area contributed by atoms with Crippen molar-refractivity contribution < 1.29 is 0 Å². The van der Waals surface area contributed by atoms with E-state index in [1.54, 1.807) is 0 Å². The zero-order chi connectivity index (χ0) is 13.8. The van der Waals surface area contributed by atoms with Crippen molar-refractivity contribution in [2.75, 3.05) is 18.0 Å². The first-order chi connectivity index (χ1) is 9.86. The van der Waals surface area contributed by atoms with Crippen LogP contribution >= 0.6 is 0 Å². The lowest BCUT2D eigenvalue weighted by Gasteiger charge is -2.22. The van der Waals surface area contributed by atoms with Crippen LogP contribution in [-0.2, 0) is 19.4 Å². The van der Waals surface area contributed by atoms with Gasteiger partial charge in [0.1, 0.15) is 5.82 Å². The predicted molar refractivity (Wildman–Crippen MR) is 82.8 cm³/mol. The van der Waals surface area contributed by atoms with Gasteiger partial charge >= 0.3 is 0 Å². The minimum Gasteiger partial charge on any atom is -0.352 e. The first-order valence-corrected chi connectivity index (χ1v) is 7.33. The molecule has 0 bridgehead atoms. The highest BCUT2D eigenvalue weighted by molar-refractivity contribution is 5.43. The number of pyridine rings is 1. The fourth-order valence-electron chi connectivity index (χ4n) is 2.81. The molecule has 104 valence electrons. The minimum absolute atomic E-state index is 0.679. The maximum atomic E-state index is 5.58. The molecule has 1 aliphatic heterocycles. The Hall–Kier alpha value is -1.87. The lowest BCUT2D eigenvalue weighted by Crippen LogP contribution is -2.23. The molecule has 1 aliphatic rings. The van der Waals surface area contributed by atoms with E-state index in [-0.39, 0.29) is 0 Å². The number of rotatable bonds is 3. The Morgan fingerprint density at radius 3 is 2.70 bits per heavy atom. The number of aryl methyl sites for hydroxylation is 1. The highest BCUT2D eigenvalue weighted by atomic mass is 15.2. The molecule has 3 rings (SSSR count). The Morgan fingerprint density at radius 1 is 1.10 bits per heavy atom. The van der Waals surface area contributed by atoms with Crippen LogP contribution in [0.4, 0.5) is 5.82 Å². The van der Waals surface area contributed by atoms with E-state index < -0.39 is 0 Å². The predicted octanol–water partition coefficient (Wildman–Crippen LogP) is 2.54. The third kappa shape index (κ3) is 2.83. The van der Waals surface area contributed by atoms with E-state index in [1.807, 2.05) is 6.20 Å². The zero-order valence-corrected chi connectivity index (χ0v) is 11.8. The molecule has 1 aromatic heterocycles. The second kappa shape index (κ2) is 6.06. The van der Waals surface area contributed by atoms with E-state index >= 15 is 0 Å². The van der Waals surface area contributed by atoms with Gasteiger partial charge in [0.2, 0.25) is 0 Å². The summed E-state index contributed by atoms with van der Waals surface area (Å²) in [5.74, 6) is 1.07. The number of nitrogens with zero attached hydrogens (tertiary/aromatic N) is 2. The maximum Gasteiger partial charge on any atom is 0.128 e. The number of fused-ring (bicyclic) bond motifs is 1. The van der Waals surface area contributed by atoms with E-state index in [9.17, 15) is 0 Å². The van der Waals surface area contributed by atoms with Crippen LogP contribution in [0.1, 0.15) is 23.1 Å². The Labute approximate surface area is 120 Å². The number of aromatic nitrogens is 1. The molecule has 0 spiro atoms. The van der Waals surface area contributed by atoms with Crippen molar-refractivity contribution in [1.82, 2.24) is 4.98 Å². The lowest BCUT2D eigenvalue weighted by atomic mass is 10.0. The summed E-state index contributed by atoms with van der Waals surface area (Å²) in [5, 5.41) is 0. The van der Waals surface area contributed by atoms with Gasteiger partial charge in [0.15, 0.2) is 0 Å². The van der Waals surface area contributed by atoms with Crippen molar-refractivity contribution in [3.05, 3.63) is 59.3 Å². The lowest BCUT2D eigenvalue weighted by molar-refractivity contribution is 0.753. The van der Waals surface area contributed by atoms with Crippen molar-refractivity contribution >= 4 is 5.82 Å². The summed E-state index contributed by atoms with van der Waals surface area (Å²) in [6, 6.07) is 13.0. The molecule has 0 aliphatic carbocycles. The van der Waals surface area contributed by atoms with Crippen molar-refractivity contribution in [3.8, 4) is 0 Å². The molecule has 20 heavy (non-hydrogen) atoms. The molecule has 3 heteroatoms. The van der Waals surface area contributed by atoms with Gasteiger partial charge in [0, 0.05) is 19.3 Å². The summed E-state index contributed by atoms with van der Waals surface area (Å²) in [7, 11) is 0. The first-order valence-electron chi connectivity index (χ1n) is 7.33. The Balaban J connectivity index is 1.80. The second-order valence-electron chi connectivity index (χ2n) is 5.36. The van der Waals surface area contributed by atoms with Crippen molar-refractivity contribution in [1.29, 1.82) is 0 Å². The van der Waals surface area contributed by atoms with E-state index in [4.69, 9.17) is 5.73 Å². The van der Waals surface area contributed by atoms with E-state index in [1.165, 1.54) is 23.1 Å². The SMILES string of the molecule is NCCc1ccc(N2CCCc3ccccc3C2)nc1. The van der Waals surface area contributed by atoms with Crippen LogP contribution in [0.2, 0.25) is 0 Å². The molecule has 0 atom stereocenters. The first kappa shape index (κ1) is 13.1. The summed E-state index contributed by atoms with van der Waals surface area (Å²) in [4.78, 5) is 6.98.